The van der Waals surface area contributed by atoms with Crippen molar-refractivity contribution < 1.29 is 14.6 Å². The molecular weight excluding hydrogens is 230 g/mol. The summed E-state index contributed by atoms with van der Waals surface area (Å²) in [5, 5.41) is 9.39. The second kappa shape index (κ2) is 6.02. The molecule has 1 heterocycles. The third kappa shape index (κ3) is 2.54. The van der Waals surface area contributed by atoms with Gasteiger partial charge in [-0.05, 0) is 38.5 Å². The molecule has 0 aromatic rings. The lowest BCUT2D eigenvalue weighted by Crippen LogP contribution is -2.49. The summed E-state index contributed by atoms with van der Waals surface area (Å²) in [4.78, 5) is 14.5. The highest BCUT2D eigenvalue weighted by Crippen LogP contribution is 2.32. The molecule has 1 aliphatic heterocycles. The molecule has 0 aromatic carbocycles. The predicted molar refractivity (Wildman–Crippen MR) is 69.2 cm³/mol. The van der Waals surface area contributed by atoms with Gasteiger partial charge in [0.15, 0.2) is 0 Å². The van der Waals surface area contributed by atoms with Crippen LogP contribution in [0.5, 0.6) is 0 Å². The lowest BCUT2D eigenvalue weighted by molar-refractivity contribution is -0.148. The molecule has 0 bridgehead atoms. The van der Waals surface area contributed by atoms with Gasteiger partial charge in [-0.15, -0.1) is 0 Å². The standard InChI is InChI=1S/C14H25NO3/c1-10-7-8-12(9-16)15(10)14(17)13(18-2)11-5-3-4-6-11/h10-13,16H,3-9H2,1-2H3/t10-,12-,13?/m0/s1. The molecule has 4 nitrogen and oxygen atoms in total. The lowest BCUT2D eigenvalue weighted by atomic mass is 9.99. The summed E-state index contributed by atoms with van der Waals surface area (Å²) < 4.78 is 5.48. The fourth-order valence-electron chi connectivity index (χ4n) is 3.55. The van der Waals surface area contributed by atoms with E-state index in [-0.39, 0.29) is 30.7 Å². The van der Waals surface area contributed by atoms with Crippen LogP contribution in [-0.4, -0.2) is 47.8 Å². The third-order valence-electron chi connectivity index (χ3n) is 4.58. The highest BCUT2D eigenvalue weighted by Gasteiger charge is 2.40. The Morgan fingerprint density at radius 3 is 2.56 bits per heavy atom. The molecule has 1 amide bonds. The molecule has 1 aliphatic carbocycles. The molecule has 0 aromatic heterocycles. The van der Waals surface area contributed by atoms with E-state index in [1.807, 2.05) is 4.90 Å². The van der Waals surface area contributed by atoms with E-state index >= 15 is 0 Å². The monoisotopic (exact) mass is 255 g/mol. The fraction of sp³-hybridized carbons (Fsp3) is 0.929. The maximum absolute atomic E-state index is 12.6. The highest BCUT2D eigenvalue weighted by atomic mass is 16.5. The van der Waals surface area contributed by atoms with Crippen LogP contribution in [-0.2, 0) is 9.53 Å². The number of carbonyl (C=O) groups excluding carboxylic acids is 1. The average molecular weight is 255 g/mol. The maximum atomic E-state index is 12.6. The molecule has 4 heteroatoms. The molecule has 2 aliphatic rings. The van der Waals surface area contributed by atoms with Gasteiger partial charge < -0.3 is 14.7 Å². The molecule has 104 valence electrons. The normalized spacial score (nSPS) is 30.9. The Labute approximate surface area is 109 Å². The van der Waals surface area contributed by atoms with E-state index in [1.165, 1.54) is 12.8 Å². The summed E-state index contributed by atoms with van der Waals surface area (Å²) in [7, 11) is 1.63. The molecule has 0 radical (unpaired) electrons. The van der Waals surface area contributed by atoms with Gasteiger partial charge >= 0.3 is 0 Å². The number of rotatable bonds is 4. The van der Waals surface area contributed by atoms with Crippen molar-refractivity contribution in [2.75, 3.05) is 13.7 Å². The van der Waals surface area contributed by atoms with Gasteiger partial charge in [0.1, 0.15) is 6.10 Å². The number of aliphatic hydroxyl groups excluding tert-OH is 1. The first kappa shape index (κ1) is 13.8. The van der Waals surface area contributed by atoms with Gasteiger partial charge in [0, 0.05) is 13.2 Å². The summed E-state index contributed by atoms with van der Waals surface area (Å²) >= 11 is 0. The number of aliphatic hydroxyl groups is 1. The molecule has 18 heavy (non-hydrogen) atoms. The molecule has 2 fully saturated rings. The van der Waals surface area contributed by atoms with Crippen LogP contribution in [0.4, 0.5) is 0 Å². The van der Waals surface area contributed by atoms with Crippen molar-refractivity contribution in [2.24, 2.45) is 5.92 Å². The van der Waals surface area contributed by atoms with Crippen molar-refractivity contribution in [3.05, 3.63) is 0 Å². The van der Waals surface area contributed by atoms with E-state index in [4.69, 9.17) is 4.74 Å². The first-order chi connectivity index (χ1) is 8.69. The van der Waals surface area contributed by atoms with E-state index in [9.17, 15) is 9.90 Å². The van der Waals surface area contributed by atoms with Crippen molar-refractivity contribution in [1.82, 2.24) is 4.90 Å². The molecular formula is C14H25NO3. The third-order valence-corrected chi connectivity index (χ3v) is 4.58. The minimum Gasteiger partial charge on any atom is -0.394 e. The van der Waals surface area contributed by atoms with Gasteiger partial charge in [0.2, 0.25) is 0 Å². The van der Waals surface area contributed by atoms with Crippen LogP contribution in [0.2, 0.25) is 0 Å². The van der Waals surface area contributed by atoms with Gasteiger partial charge in [-0.25, -0.2) is 0 Å². The summed E-state index contributed by atoms with van der Waals surface area (Å²) in [5.74, 6) is 0.461. The Balaban J connectivity index is 2.07. The minimum absolute atomic E-state index is 0.00782. The van der Waals surface area contributed by atoms with Crippen LogP contribution in [0.15, 0.2) is 0 Å². The minimum atomic E-state index is -0.304. The van der Waals surface area contributed by atoms with Crippen LogP contribution in [0.1, 0.15) is 45.4 Å². The molecule has 3 atom stereocenters. The molecule has 1 saturated heterocycles. The first-order valence-electron chi connectivity index (χ1n) is 7.14. The summed E-state index contributed by atoms with van der Waals surface area (Å²) in [5.41, 5.74) is 0. The van der Waals surface area contributed by atoms with E-state index in [0.29, 0.717) is 5.92 Å². The number of carbonyl (C=O) groups is 1. The Kier molecular flexibility index (Phi) is 4.62. The van der Waals surface area contributed by atoms with Gasteiger partial charge in [-0.3, -0.25) is 4.79 Å². The van der Waals surface area contributed by atoms with Gasteiger partial charge in [-0.1, -0.05) is 12.8 Å². The summed E-state index contributed by atoms with van der Waals surface area (Å²) in [6.07, 6.45) is 6.19. The van der Waals surface area contributed by atoms with Gasteiger partial charge in [0.05, 0.1) is 12.6 Å². The van der Waals surface area contributed by atoms with Crippen molar-refractivity contribution in [3.63, 3.8) is 0 Å². The van der Waals surface area contributed by atoms with Crippen LogP contribution < -0.4 is 0 Å². The van der Waals surface area contributed by atoms with E-state index < -0.39 is 0 Å². The predicted octanol–water partition coefficient (Wildman–Crippen LogP) is 1.56. The van der Waals surface area contributed by atoms with Crippen molar-refractivity contribution in [3.8, 4) is 0 Å². The van der Waals surface area contributed by atoms with Gasteiger partial charge in [0.25, 0.3) is 5.91 Å². The second-order valence-corrected chi connectivity index (χ2v) is 5.71. The summed E-state index contributed by atoms with van der Waals surface area (Å²) in [6, 6.07) is 0.222. The van der Waals surface area contributed by atoms with E-state index in [0.717, 1.165) is 25.7 Å². The molecule has 1 saturated carbocycles. The van der Waals surface area contributed by atoms with Crippen molar-refractivity contribution in [1.29, 1.82) is 0 Å². The van der Waals surface area contributed by atoms with Crippen LogP contribution in [0.25, 0.3) is 0 Å². The number of likely N-dealkylation sites (tertiary alicyclic amines) is 1. The Morgan fingerprint density at radius 1 is 1.33 bits per heavy atom. The Bertz CT molecular complexity index is 289. The zero-order valence-electron chi connectivity index (χ0n) is 11.5. The number of nitrogens with zero attached hydrogens (tertiary/aromatic N) is 1. The largest absolute Gasteiger partial charge is 0.394 e. The molecule has 1 unspecified atom stereocenters. The number of hydrogen-bond donors (Lipinski definition) is 1. The molecule has 1 N–H and O–H groups in total. The van der Waals surface area contributed by atoms with Gasteiger partial charge in [-0.2, -0.15) is 0 Å². The van der Waals surface area contributed by atoms with Crippen LogP contribution >= 0.6 is 0 Å². The van der Waals surface area contributed by atoms with Crippen LogP contribution in [0, 0.1) is 5.92 Å². The quantitative estimate of drug-likeness (QED) is 0.829. The maximum Gasteiger partial charge on any atom is 0.252 e. The first-order valence-corrected chi connectivity index (χ1v) is 7.14. The zero-order chi connectivity index (χ0) is 13.1. The fourth-order valence-corrected chi connectivity index (χ4v) is 3.55. The number of ether oxygens (including phenoxy) is 1. The highest BCUT2D eigenvalue weighted by molar-refractivity contribution is 5.82. The number of amides is 1. The second-order valence-electron chi connectivity index (χ2n) is 5.71. The van der Waals surface area contributed by atoms with Crippen LogP contribution in [0.3, 0.4) is 0 Å². The topological polar surface area (TPSA) is 49.8 Å². The Morgan fingerprint density at radius 2 is 2.00 bits per heavy atom. The Hall–Kier alpha value is -0.610. The average Bonchev–Trinajstić information content (AvgIpc) is 2.99. The van der Waals surface area contributed by atoms with Crippen molar-refractivity contribution in [2.45, 2.75) is 63.6 Å². The number of hydrogen-bond acceptors (Lipinski definition) is 3. The summed E-state index contributed by atoms with van der Waals surface area (Å²) in [6.45, 7) is 2.13. The van der Waals surface area contributed by atoms with E-state index in [2.05, 4.69) is 6.92 Å². The smallest absolute Gasteiger partial charge is 0.252 e. The van der Waals surface area contributed by atoms with Crippen molar-refractivity contribution >= 4 is 5.91 Å². The van der Waals surface area contributed by atoms with E-state index in [1.54, 1.807) is 7.11 Å². The molecule has 0 spiro atoms. The lowest BCUT2D eigenvalue weighted by Gasteiger charge is -2.32. The number of methoxy groups -OCH3 is 1. The zero-order valence-corrected chi connectivity index (χ0v) is 11.5. The molecule has 2 rings (SSSR count). The SMILES string of the molecule is COC(C(=O)N1[C@H](CO)CC[C@@H]1C)C1CCCC1.